The lowest BCUT2D eigenvalue weighted by Crippen LogP contribution is -2.21. The summed E-state index contributed by atoms with van der Waals surface area (Å²) in [6.07, 6.45) is 1.71. The highest BCUT2D eigenvalue weighted by atomic mass is 15.1. The van der Waals surface area contributed by atoms with Gasteiger partial charge in [-0.05, 0) is 20.2 Å². The average molecular weight is 230 g/mol. The monoisotopic (exact) mass is 230 g/mol. The molecule has 0 atom stereocenters. The highest BCUT2D eigenvalue weighted by Crippen LogP contribution is 2.27. The zero-order valence-electron chi connectivity index (χ0n) is 10.3. The molecule has 2 rings (SSSR count). The molecule has 0 saturated carbocycles. The van der Waals surface area contributed by atoms with Crippen molar-refractivity contribution in [1.29, 1.82) is 0 Å². The number of nitrogens with zero attached hydrogens (tertiary/aromatic N) is 2. The Kier molecular flexibility index (Phi) is 3.44. The molecule has 0 radical (unpaired) electrons. The van der Waals surface area contributed by atoms with Crippen LogP contribution in [-0.4, -0.2) is 37.1 Å². The molecule has 0 spiro atoms. The minimum Gasteiger partial charge on any atom is -0.396 e. The minimum absolute atomic E-state index is 0.697. The van der Waals surface area contributed by atoms with Gasteiger partial charge in [0.15, 0.2) is 0 Å². The molecule has 0 aliphatic heterocycles. The van der Waals surface area contributed by atoms with E-state index in [0.29, 0.717) is 5.69 Å². The summed E-state index contributed by atoms with van der Waals surface area (Å²) in [5.74, 6) is 0. The summed E-state index contributed by atoms with van der Waals surface area (Å²) >= 11 is 0. The first kappa shape index (κ1) is 11.7. The number of nitrogens with two attached hydrogens (primary N) is 1. The van der Waals surface area contributed by atoms with Crippen LogP contribution in [0.4, 0.5) is 11.4 Å². The molecule has 17 heavy (non-hydrogen) atoms. The molecule has 0 amide bonds. The fraction of sp³-hybridized carbons (Fsp3) is 0.308. The van der Waals surface area contributed by atoms with Gasteiger partial charge in [0.05, 0.1) is 23.1 Å². The lowest BCUT2D eigenvalue weighted by atomic mass is 10.1. The van der Waals surface area contributed by atoms with Crippen LogP contribution < -0.4 is 11.1 Å². The van der Waals surface area contributed by atoms with Gasteiger partial charge >= 0.3 is 0 Å². The number of benzene rings is 1. The molecular weight excluding hydrogens is 212 g/mol. The van der Waals surface area contributed by atoms with E-state index in [4.69, 9.17) is 5.73 Å². The quantitative estimate of drug-likeness (QED) is 0.841. The smallest absolute Gasteiger partial charge is 0.0743 e. The Morgan fingerprint density at radius 2 is 2.06 bits per heavy atom. The predicted molar refractivity (Wildman–Crippen MR) is 73.2 cm³/mol. The molecule has 2 aromatic rings. The van der Waals surface area contributed by atoms with Crippen LogP contribution in [0.2, 0.25) is 0 Å². The molecule has 1 aromatic carbocycles. The second-order valence-corrected chi connectivity index (χ2v) is 4.34. The van der Waals surface area contributed by atoms with E-state index in [-0.39, 0.29) is 0 Å². The Balaban J connectivity index is 2.28. The molecule has 0 aliphatic carbocycles. The van der Waals surface area contributed by atoms with E-state index in [1.54, 1.807) is 6.20 Å². The third-order valence-corrected chi connectivity index (χ3v) is 2.67. The number of nitrogens with one attached hydrogen (secondary N) is 1. The Hall–Kier alpha value is -1.81. The zero-order chi connectivity index (χ0) is 12.3. The second-order valence-electron chi connectivity index (χ2n) is 4.34. The molecule has 0 unspecified atom stereocenters. The van der Waals surface area contributed by atoms with Crippen LogP contribution in [0.1, 0.15) is 0 Å². The minimum atomic E-state index is 0.697. The number of para-hydroxylation sites is 1. The summed E-state index contributed by atoms with van der Waals surface area (Å²) in [4.78, 5) is 6.44. The number of pyridine rings is 1. The molecule has 0 aliphatic rings. The van der Waals surface area contributed by atoms with Crippen LogP contribution in [0, 0.1) is 0 Å². The first-order valence-corrected chi connectivity index (χ1v) is 5.70. The van der Waals surface area contributed by atoms with Gasteiger partial charge in [0, 0.05) is 18.5 Å². The fourth-order valence-corrected chi connectivity index (χ4v) is 1.76. The van der Waals surface area contributed by atoms with Gasteiger partial charge in [-0.15, -0.1) is 0 Å². The lowest BCUT2D eigenvalue weighted by molar-refractivity contribution is 0.425. The van der Waals surface area contributed by atoms with Crippen molar-refractivity contribution in [3.8, 4) is 0 Å². The summed E-state index contributed by atoms with van der Waals surface area (Å²) in [6.45, 7) is 1.83. The maximum Gasteiger partial charge on any atom is 0.0743 e. The van der Waals surface area contributed by atoms with E-state index in [0.717, 1.165) is 29.7 Å². The number of hydrogen-bond donors (Lipinski definition) is 2. The van der Waals surface area contributed by atoms with Crippen LogP contribution in [-0.2, 0) is 0 Å². The van der Waals surface area contributed by atoms with Crippen molar-refractivity contribution in [2.75, 3.05) is 38.2 Å². The maximum absolute atomic E-state index is 5.96. The van der Waals surface area contributed by atoms with Crippen LogP contribution >= 0.6 is 0 Å². The number of likely N-dealkylation sites (N-methyl/N-ethyl adjacent to an activating group) is 1. The third kappa shape index (κ3) is 2.65. The Morgan fingerprint density at radius 3 is 2.82 bits per heavy atom. The van der Waals surface area contributed by atoms with Crippen molar-refractivity contribution >= 4 is 22.3 Å². The number of hydrogen-bond acceptors (Lipinski definition) is 4. The van der Waals surface area contributed by atoms with Crippen molar-refractivity contribution in [3.63, 3.8) is 0 Å². The number of nitrogen functional groups attached to an aromatic ring is 1. The number of aromatic nitrogens is 1. The fourth-order valence-electron chi connectivity index (χ4n) is 1.76. The highest BCUT2D eigenvalue weighted by molar-refractivity contribution is 5.96. The summed E-state index contributed by atoms with van der Waals surface area (Å²) in [7, 11) is 4.10. The van der Waals surface area contributed by atoms with Crippen molar-refractivity contribution in [3.05, 3.63) is 30.5 Å². The normalized spacial score (nSPS) is 11.0. The molecule has 90 valence electrons. The molecule has 1 aromatic heterocycles. The molecule has 4 nitrogen and oxygen atoms in total. The summed E-state index contributed by atoms with van der Waals surface area (Å²) in [5, 5.41) is 4.46. The van der Waals surface area contributed by atoms with Gasteiger partial charge in [-0.3, -0.25) is 4.98 Å². The van der Waals surface area contributed by atoms with Crippen molar-refractivity contribution in [2.24, 2.45) is 0 Å². The van der Waals surface area contributed by atoms with Crippen LogP contribution in [0.25, 0.3) is 10.9 Å². The van der Waals surface area contributed by atoms with Gasteiger partial charge in [-0.1, -0.05) is 18.2 Å². The standard InChI is InChI=1S/C13H18N4/c1-17(2)8-7-15-13-10-5-3-4-6-12(10)16-9-11(13)14/h3-6,9H,7-8,14H2,1-2H3,(H,15,16). The summed E-state index contributed by atoms with van der Waals surface area (Å²) in [6, 6.07) is 8.01. The molecule has 4 heteroatoms. The first-order valence-electron chi connectivity index (χ1n) is 5.70. The zero-order valence-corrected chi connectivity index (χ0v) is 10.3. The molecule has 0 fully saturated rings. The molecule has 0 saturated heterocycles. The molecular formula is C13H18N4. The van der Waals surface area contributed by atoms with Gasteiger partial charge in [0.2, 0.25) is 0 Å². The van der Waals surface area contributed by atoms with E-state index in [2.05, 4.69) is 29.3 Å². The molecule has 0 bridgehead atoms. The van der Waals surface area contributed by atoms with E-state index >= 15 is 0 Å². The number of fused-ring (bicyclic) bond motifs is 1. The number of anilines is 2. The highest BCUT2D eigenvalue weighted by Gasteiger charge is 2.05. The van der Waals surface area contributed by atoms with E-state index < -0.39 is 0 Å². The van der Waals surface area contributed by atoms with Gasteiger partial charge in [0.25, 0.3) is 0 Å². The Bertz CT molecular complexity index is 508. The van der Waals surface area contributed by atoms with Crippen molar-refractivity contribution in [1.82, 2.24) is 9.88 Å². The van der Waals surface area contributed by atoms with E-state index in [9.17, 15) is 0 Å². The van der Waals surface area contributed by atoms with Crippen LogP contribution in [0.5, 0.6) is 0 Å². The van der Waals surface area contributed by atoms with Gasteiger partial charge in [-0.25, -0.2) is 0 Å². The second kappa shape index (κ2) is 5.01. The van der Waals surface area contributed by atoms with E-state index in [1.807, 2.05) is 24.3 Å². The largest absolute Gasteiger partial charge is 0.396 e. The Labute approximate surface area is 101 Å². The topological polar surface area (TPSA) is 54.2 Å². The van der Waals surface area contributed by atoms with Crippen LogP contribution in [0.3, 0.4) is 0 Å². The Morgan fingerprint density at radius 1 is 1.29 bits per heavy atom. The van der Waals surface area contributed by atoms with Gasteiger partial charge in [-0.2, -0.15) is 0 Å². The van der Waals surface area contributed by atoms with Crippen molar-refractivity contribution < 1.29 is 0 Å². The summed E-state index contributed by atoms with van der Waals surface area (Å²) < 4.78 is 0. The average Bonchev–Trinajstić information content (AvgIpc) is 2.32. The summed E-state index contributed by atoms with van der Waals surface area (Å²) in [5.41, 5.74) is 8.61. The predicted octanol–water partition coefficient (Wildman–Crippen LogP) is 1.79. The molecule has 3 N–H and O–H groups in total. The van der Waals surface area contributed by atoms with Gasteiger partial charge < -0.3 is 16.0 Å². The lowest BCUT2D eigenvalue weighted by Gasteiger charge is -2.14. The first-order chi connectivity index (χ1) is 8.18. The van der Waals surface area contributed by atoms with E-state index in [1.165, 1.54) is 0 Å². The molecule has 1 heterocycles. The third-order valence-electron chi connectivity index (χ3n) is 2.67. The van der Waals surface area contributed by atoms with Crippen LogP contribution in [0.15, 0.2) is 30.5 Å². The maximum atomic E-state index is 5.96. The number of rotatable bonds is 4. The SMILES string of the molecule is CN(C)CCNc1c(N)cnc2ccccc12. The van der Waals surface area contributed by atoms with Crippen molar-refractivity contribution in [2.45, 2.75) is 0 Å². The van der Waals surface area contributed by atoms with Gasteiger partial charge in [0.1, 0.15) is 0 Å².